The highest BCUT2D eigenvalue weighted by Gasteiger charge is 2.08. The lowest BCUT2D eigenvalue weighted by Crippen LogP contribution is -2.38. The van der Waals surface area contributed by atoms with Crippen LogP contribution in [0, 0.1) is 0 Å². The summed E-state index contributed by atoms with van der Waals surface area (Å²) >= 11 is 0. The highest BCUT2D eigenvalue weighted by Crippen LogP contribution is 2.10. The van der Waals surface area contributed by atoms with Crippen LogP contribution in [0.5, 0.6) is 0 Å². The van der Waals surface area contributed by atoms with Crippen molar-refractivity contribution in [3.05, 3.63) is 89.8 Å². The Labute approximate surface area is 195 Å². The lowest BCUT2D eigenvalue weighted by molar-refractivity contribution is 0.254. The molecule has 160 valence electrons. The molecule has 1 heterocycles. The minimum absolute atomic E-state index is 0. The smallest absolute Gasteiger partial charge is 0.191 e. The van der Waals surface area contributed by atoms with E-state index in [2.05, 4.69) is 86.3 Å². The highest BCUT2D eigenvalue weighted by molar-refractivity contribution is 14.0. The second-order valence-corrected chi connectivity index (χ2v) is 6.88. The Balaban J connectivity index is 0.00000320. The van der Waals surface area contributed by atoms with Gasteiger partial charge in [0.05, 0.1) is 6.54 Å². The van der Waals surface area contributed by atoms with E-state index in [9.17, 15) is 0 Å². The fraction of sp³-hybridized carbons (Fsp3) is 0.304. The summed E-state index contributed by atoms with van der Waals surface area (Å²) < 4.78 is 4.85. The maximum absolute atomic E-state index is 4.85. The van der Waals surface area contributed by atoms with Gasteiger partial charge in [-0.25, -0.2) is 0 Å². The van der Waals surface area contributed by atoms with Gasteiger partial charge in [-0.2, -0.15) is 0 Å². The van der Waals surface area contributed by atoms with Gasteiger partial charge in [0.15, 0.2) is 5.96 Å². The molecule has 6 nitrogen and oxygen atoms in total. The van der Waals surface area contributed by atoms with E-state index in [1.165, 1.54) is 11.1 Å². The van der Waals surface area contributed by atoms with Crippen molar-refractivity contribution in [2.45, 2.75) is 26.1 Å². The Morgan fingerprint density at radius 2 is 1.57 bits per heavy atom. The van der Waals surface area contributed by atoms with Crippen LogP contribution in [0.25, 0.3) is 0 Å². The second kappa shape index (κ2) is 13.8. The van der Waals surface area contributed by atoms with Gasteiger partial charge in [-0.15, -0.1) is 24.0 Å². The molecule has 7 heteroatoms. The molecule has 0 saturated carbocycles. The minimum Gasteiger partial charge on any atom is -0.364 e. The van der Waals surface area contributed by atoms with Gasteiger partial charge < -0.3 is 15.2 Å². The fourth-order valence-corrected chi connectivity index (χ4v) is 3.13. The third-order valence-electron chi connectivity index (χ3n) is 4.59. The monoisotopic (exact) mass is 519 g/mol. The van der Waals surface area contributed by atoms with Crippen molar-refractivity contribution in [1.29, 1.82) is 0 Å². The zero-order chi connectivity index (χ0) is 20.2. The Hall–Kier alpha value is -2.39. The molecule has 0 fully saturated rings. The zero-order valence-corrected chi connectivity index (χ0v) is 19.7. The number of hydrogen-bond acceptors (Lipinski definition) is 4. The molecule has 0 aliphatic rings. The molecule has 0 amide bonds. The summed E-state index contributed by atoms with van der Waals surface area (Å²) in [6.07, 6.45) is 2.59. The van der Waals surface area contributed by atoms with Crippen molar-refractivity contribution in [3.8, 4) is 0 Å². The predicted molar refractivity (Wildman–Crippen MR) is 132 cm³/mol. The zero-order valence-electron chi connectivity index (χ0n) is 17.3. The average molecular weight is 519 g/mol. The van der Waals surface area contributed by atoms with E-state index in [1.807, 2.05) is 6.07 Å². The molecule has 0 atom stereocenters. The van der Waals surface area contributed by atoms with Crippen LogP contribution in [0.3, 0.4) is 0 Å². The van der Waals surface area contributed by atoms with Crippen molar-refractivity contribution in [2.75, 3.05) is 20.1 Å². The van der Waals surface area contributed by atoms with E-state index in [-0.39, 0.29) is 24.0 Å². The summed E-state index contributed by atoms with van der Waals surface area (Å²) in [7, 11) is 1.77. The fourth-order valence-electron chi connectivity index (χ4n) is 3.13. The standard InChI is InChI=1S/C23H29N5O.HI/c1-24-23(26-17-22-13-16-29-27-22)25-14-8-15-28(18-20-9-4-2-5-10-20)19-21-11-6-3-7-12-21;/h2-7,9-13,16H,8,14-15,17-19H2,1H3,(H2,24,25,26);1H. The number of nitrogens with zero attached hydrogens (tertiary/aromatic N) is 3. The van der Waals surface area contributed by atoms with Crippen LogP contribution in [-0.2, 0) is 19.6 Å². The van der Waals surface area contributed by atoms with Crippen LogP contribution in [0.1, 0.15) is 23.2 Å². The molecule has 0 aliphatic heterocycles. The summed E-state index contributed by atoms with van der Waals surface area (Å²) in [5.41, 5.74) is 3.52. The molecule has 2 N–H and O–H groups in total. The Morgan fingerprint density at radius 3 is 2.10 bits per heavy atom. The topological polar surface area (TPSA) is 65.7 Å². The highest BCUT2D eigenvalue weighted by atomic mass is 127. The largest absolute Gasteiger partial charge is 0.364 e. The van der Waals surface area contributed by atoms with Crippen LogP contribution in [-0.4, -0.2) is 36.2 Å². The van der Waals surface area contributed by atoms with Crippen LogP contribution in [0.15, 0.2) is 82.5 Å². The molecule has 0 unspecified atom stereocenters. The van der Waals surface area contributed by atoms with Gasteiger partial charge in [0.25, 0.3) is 0 Å². The molecule has 3 aromatic rings. The lowest BCUT2D eigenvalue weighted by atomic mass is 10.1. The van der Waals surface area contributed by atoms with Gasteiger partial charge >= 0.3 is 0 Å². The summed E-state index contributed by atoms with van der Waals surface area (Å²) in [6, 6.07) is 23.1. The third kappa shape index (κ3) is 8.54. The number of nitrogens with one attached hydrogen (secondary N) is 2. The molecule has 1 aromatic heterocycles. The van der Waals surface area contributed by atoms with E-state index in [1.54, 1.807) is 13.3 Å². The van der Waals surface area contributed by atoms with E-state index in [4.69, 9.17) is 4.52 Å². The molecule has 0 bridgehead atoms. The number of guanidine groups is 1. The number of halogens is 1. The first kappa shape index (κ1) is 23.9. The first-order valence-corrected chi connectivity index (χ1v) is 9.97. The van der Waals surface area contributed by atoms with Crippen LogP contribution < -0.4 is 10.6 Å². The van der Waals surface area contributed by atoms with E-state index in [0.29, 0.717) is 6.54 Å². The van der Waals surface area contributed by atoms with Crippen molar-refractivity contribution in [1.82, 2.24) is 20.7 Å². The maximum Gasteiger partial charge on any atom is 0.191 e. The van der Waals surface area contributed by atoms with E-state index < -0.39 is 0 Å². The number of benzene rings is 2. The molecule has 0 radical (unpaired) electrons. The first-order valence-electron chi connectivity index (χ1n) is 9.97. The molecule has 30 heavy (non-hydrogen) atoms. The Bertz CT molecular complexity index is 799. The summed E-state index contributed by atoms with van der Waals surface area (Å²) in [5, 5.41) is 10.5. The lowest BCUT2D eigenvalue weighted by Gasteiger charge is -2.23. The Kier molecular flexibility index (Phi) is 11.0. The van der Waals surface area contributed by atoms with Crippen molar-refractivity contribution in [3.63, 3.8) is 0 Å². The number of aliphatic imine (C=N–C) groups is 1. The van der Waals surface area contributed by atoms with Gasteiger partial charge in [0.1, 0.15) is 12.0 Å². The summed E-state index contributed by atoms with van der Waals surface area (Å²) in [6.45, 7) is 4.31. The van der Waals surface area contributed by atoms with Gasteiger partial charge in [0.2, 0.25) is 0 Å². The van der Waals surface area contributed by atoms with E-state index >= 15 is 0 Å². The number of rotatable bonds is 10. The third-order valence-corrected chi connectivity index (χ3v) is 4.59. The van der Waals surface area contributed by atoms with E-state index in [0.717, 1.165) is 44.3 Å². The van der Waals surface area contributed by atoms with Crippen LogP contribution in [0.4, 0.5) is 0 Å². The van der Waals surface area contributed by atoms with Gasteiger partial charge in [-0.05, 0) is 17.5 Å². The van der Waals surface area contributed by atoms with Crippen LogP contribution >= 0.6 is 24.0 Å². The van der Waals surface area contributed by atoms with Crippen LogP contribution in [0.2, 0.25) is 0 Å². The molecule has 2 aromatic carbocycles. The van der Waals surface area contributed by atoms with Gasteiger partial charge in [0, 0.05) is 39.3 Å². The Morgan fingerprint density at radius 1 is 0.933 bits per heavy atom. The minimum atomic E-state index is 0. The molecule has 0 spiro atoms. The molecule has 3 rings (SSSR count). The second-order valence-electron chi connectivity index (χ2n) is 6.88. The molecular formula is C23H30IN5O. The first-order chi connectivity index (χ1) is 14.3. The summed E-state index contributed by atoms with van der Waals surface area (Å²) in [4.78, 5) is 6.75. The molecule has 0 saturated heterocycles. The quantitative estimate of drug-likeness (QED) is 0.183. The SMILES string of the molecule is CN=C(NCCCN(Cc1ccccc1)Cc1ccccc1)NCc1ccon1.I. The van der Waals surface area contributed by atoms with Gasteiger partial charge in [-0.3, -0.25) is 9.89 Å². The molecule has 0 aliphatic carbocycles. The summed E-state index contributed by atoms with van der Waals surface area (Å²) in [5.74, 6) is 0.769. The van der Waals surface area contributed by atoms with Crippen molar-refractivity contribution < 1.29 is 4.52 Å². The van der Waals surface area contributed by atoms with Crippen molar-refractivity contribution in [2.24, 2.45) is 4.99 Å². The predicted octanol–water partition coefficient (Wildman–Crippen LogP) is 4.05. The number of hydrogen-bond donors (Lipinski definition) is 2. The molecular weight excluding hydrogens is 489 g/mol. The normalized spacial score (nSPS) is 11.2. The average Bonchev–Trinajstić information content (AvgIpc) is 3.28. The maximum atomic E-state index is 4.85. The van der Waals surface area contributed by atoms with Crippen molar-refractivity contribution >= 4 is 29.9 Å². The van der Waals surface area contributed by atoms with Gasteiger partial charge in [-0.1, -0.05) is 65.8 Å². The number of aromatic nitrogens is 1.